The maximum atomic E-state index is 12.5. The molecule has 2 rings (SSSR count). The van der Waals surface area contributed by atoms with E-state index in [4.69, 9.17) is 17.0 Å². The van der Waals surface area contributed by atoms with Crippen LogP contribution in [0.2, 0.25) is 0 Å². The number of rotatable bonds is 3. The molecule has 0 aliphatic heterocycles. The molecule has 1 heterocycles. The molecule has 0 aliphatic rings. The third-order valence-corrected chi connectivity index (χ3v) is 5.78. The number of thiophene rings is 1. The number of nitrogens with zero attached hydrogens (tertiary/aromatic N) is 1. The zero-order valence-corrected chi connectivity index (χ0v) is 18.3. The van der Waals surface area contributed by atoms with Gasteiger partial charge in [0.2, 0.25) is 0 Å². The SMILES string of the molecule is COc1c(Br)cc(Br)cc1C(=O)NC(=S)Nc1sc(C)c(C)c1C#N. The van der Waals surface area contributed by atoms with Crippen LogP contribution in [0.15, 0.2) is 21.1 Å². The second kappa shape index (κ2) is 8.27. The molecule has 0 fully saturated rings. The van der Waals surface area contributed by atoms with E-state index >= 15 is 0 Å². The summed E-state index contributed by atoms with van der Waals surface area (Å²) in [5, 5.41) is 15.5. The Labute approximate surface area is 171 Å². The second-order valence-electron chi connectivity index (χ2n) is 4.98. The summed E-state index contributed by atoms with van der Waals surface area (Å²) < 4.78 is 6.64. The van der Waals surface area contributed by atoms with Crippen LogP contribution in [0.5, 0.6) is 5.75 Å². The topological polar surface area (TPSA) is 74.2 Å². The number of amides is 1. The number of carbonyl (C=O) groups excluding carboxylic acids is 1. The van der Waals surface area contributed by atoms with Crippen LogP contribution in [0.4, 0.5) is 5.00 Å². The van der Waals surface area contributed by atoms with E-state index in [-0.39, 0.29) is 5.11 Å². The number of hydrogen-bond acceptors (Lipinski definition) is 5. The summed E-state index contributed by atoms with van der Waals surface area (Å²) in [5.41, 5.74) is 1.76. The minimum atomic E-state index is -0.417. The molecule has 9 heteroatoms. The van der Waals surface area contributed by atoms with E-state index in [1.165, 1.54) is 18.4 Å². The van der Waals surface area contributed by atoms with Crippen molar-refractivity contribution < 1.29 is 9.53 Å². The van der Waals surface area contributed by atoms with Gasteiger partial charge in [0, 0.05) is 9.35 Å². The lowest BCUT2D eigenvalue weighted by Crippen LogP contribution is -2.34. The summed E-state index contributed by atoms with van der Waals surface area (Å²) in [7, 11) is 1.48. The van der Waals surface area contributed by atoms with Crippen LogP contribution in [-0.2, 0) is 0 Å². The fourth-order valence-corrected chi connectivity index (χ4v) is 4.75. The number of benzene rings is 1. The number of aryl methyl sites for hydroxylation is 1. The summed E-state index contributed by atoms with van der Waals surface area (Å²) in [6, 6.07) is 5.57. The number of nitrogens with one attached hydrogen (secondary N) is 2. The van der Waals surface area contributed by atoms with Crippen LogP contribution in [0, 0.1) is 25.2 Å². The van der Waals surface area contributed by atoms with Crippen LogP contribution in [0.3, 0.4) is 0 Å². The first-order valence-corrected chi connectivity index (χ1v) is 9.75. The van der Waals surface area contributed by atoms with Gasteiger partial charge in [0.25, 0.3) is 5.91 Å². The fourth-order valence-electron chi connectivity index (χ4n) is 2.09. The number of nitriles is 1. The Balaban J connectivity index is 2.21. The van der Waals surface area contributed by atoms with Crippen molar-refractivity contribution in [3.05, 3.63) is 42.6 Å². The van der Waals surface area contributed by atoms with E-state index < -0.39 is 5.91 Å². The number of hydrogen-bond donors (Lipinski definition) is 2. The standard InChI is InChI=1S/C16H13Br2N3O2S2/c1-7-8(2)25-15(11(7)6-19)21-16(24)20-14(22)10-4-9(17)5-12(18)13(10)23-3/h4-5H,1-3H3,(H2,20,21,22,24). The quantitative estimate of drug-likeness (QED) is 0.584. The lowest BCUT2D eigenvalue weighted by atomic mass is 10.2. The summed E-state index contributed by atoms with van der Waals surface area (Å²) in [4.78, 5) is 13.6. The summed E-state index contributed by atoms with van der Waals surface area (Å²) in [5.74, 6) is -0.0103. The lowest BCUT2D eigenvalue weighted by Gasteiger charge is -2.13. The molecule has 1 amide bonds. The predicted octanol–water partition coefficient (Wildman–Crippen LogP) is 4.90. The molecule has 0 spiro atoms. The molecule has 0 unspecified atom stereocenters. The molecule has 25 heavy (non-hydrogen) atoms. The number of thiocarbonyl (C=S) groups is 1. The van der Waals surface area contributed by atoms with Crippen LogP contribution in [-0.4, -0.2) is 18.1 Å². The molecule has 130 valence electrons. The molecule has 0 atom stereocenters. The minimum absolute atomic E-state index is 0.112. The molecular formula is C16H13Br2N3O2S2. The molecule has 0 saturated carbocycles. The molecule has 2 aromatic rings. The lowest BCUT2D eigenvalue weighted by molar-refractivity contribution is 0.0974. The summed E-state index contributed by atoms with van der Waals surface area (Å²) in [6.45, 7) is 3.80. The molecule has 0 aliphatic carbocycles. The van der Waals surface area contributed by atoms with Crippen molar-refractivity contribution in [2.24, 2.45) is 0 Å². The number of carbonyl (C=O) groups is 1. The highest BCUT2D eigenvalue weighted by Crippen LogP contribution is 2.33. The maximum absolute atomic E-state index is 12.5. The largest absolute Gasteiger partial charge is 0.495 e. The van der Waals surface area contributed by atoms with Crippen molar-refractivity contribution >= 4 is 71.4 Å². The van der Waals surface area contributed by atoms with Gasteiger partial charge in [-0.25, -0.2) is 0 Å². The van der Waals surface area contributed by atoms with E-state index in [0.29, 0.717) is 26.4 Å². The number of anilines is 1. The molecule has 2 N–H and O–H groups in total. The van der Waals surface area contributed by atoms with Gasteiger partial charge in [-0.15, -0.1) is 11.3 Å². The first-order valence-electron chi connectivity index (χ1n) is 6.94. The molecule has 0 radical (unpaired) electrons. The van der Waals surface area contributed by atoms with Gasteiger partial charge in [0.05, 0.1) is 22.7 Å². The molecule has 1 aromatic carbocycles. The first kappa shape index (κ1) is 19.8. The van der Waals surface area contributed by atoms with Crippen LogP contribution >= 0.6 is 55.4 Å². The Hall–Kier alpha value is -1.47. The van der Waals surface area contributed by atoms with E-state index in [1.807, 2.05) is 13.8 Å². The van der Waals surface area contributed by atoms with Crippen molar-refractivity contribution in [2.45, 2.75) is 13.8 Å². The molecule has 0 saturated heterocycles. The Morgan fingerprint density at radius 3 is 2.64 bits per heavy atom. The molecular weight excluding hydrogens is 490 g/mol. The van der Waals surface area contributed by atoms with Gasteiger partial charge in [-0.1, -0.05) is 15.9 Å². The summed E-state index contributed by atoms with van der Waals surface area (Å²) >= 11 is 13.3. The van der Waals surface area contributed by atoms with Crippen molar-refractivity contribution in [1.82, 2.24) is 5.32 Å². The predicted molar refractivity (Wildman–Crippen MR) is 111 cm³/mol. The Morgan fingerprint density at radius 1 is 1.36 bits per heavy atom. The minimum Gasteiger partial charge on any atom is -0.495 e. The zero-order chi connectivity index (χ0) is 18.7. The van der Waals surface area contributed by atoms with Crippen LogP contribution in [0.1, 0.15) is 26.4 Å². The van der Waals surface area contributed by atoms with Crippen molar-refractivity contribution in [3.8, 4) is 11.8 Å². The maximum Gasteiger partial charge on any atom is 0.261 e. The van der Waals surface area contributed by atoms with E-state index in [2.05, 4.69) is 48.6 Å². The Kier molecular flexibility index (Phi) is 6.57. The average molecular weight is 503 g/mol. The zero-order valence-electron chi connectivity index (χ0n) is 13.5. The van der Waals surface area contributed by atoms with E-state index in [1.54, 1.807) is 12.1 Å². The molecule has 5 nitrogen and oxygen atoms in total. The molecule has 0 bridgehead atoms. The van der Waals surface area contributed by atoms with Gasteiger partial charge in [-0.2, -0.15) is 5.26 Å². The molecule has 1 aromatic heterocycles. The smallest absolute Gasteiger partial charge is 0.261 e. The fraction of sp³-hybridized carbons (Fsp3) is 0.188. The number of halogens is 2. The Morgan fingerprint density at radius 2 is 2.04 bits per heavy atom. The summed E-state index contributed by atoms with van der Waals surface area (Å²) in [6.07, 6.45) is 0. The van der Waals surface area contributed by atoms with Gasteiger partial charge in [0.15, 0.2) is 5.11 Å². The van der Waals surface area contributed by atoms with Crippen molar-refractivity contribution in [3.63, 3.8) is 0 Å². The van der Waals surface area contributed by atoms with Gasteiger partial charge < -0.3 is 10.1 Å². The van der Waals surface area contributed by atoms with Crippen molar-refractivity contribution in [1.29, 1.82) is 5.26 Å². The van der Waals surface area contributed by atoms with Gasteiger partial charge in [-0.3, -0.25) is 10.1 Å². The average Bonchev–Trinajstić information content (AvgIpc) is 2.80. The first-order chi connectivity index (χ1) is 11.8. The number of methoxy groups -OCH3 is 1. The third-order valence-electron chi connectivity index (χ3n) is 3.41. The monoisotopic (exact) mass is 501 g/mol. The van der Waals surface area contributed by atoms with E-state index in [9.17, 15) is 10.1 Å². The normalized spacial score (nSPS) is 10.1. The Bertz CT molecular complexity index is 904. The highest BCUT2D eigenvalue weighted by molar-refractivity contribution is 9.11. The highest BCUT2D eigenvalue weighted by Gasteiger charge is 2.19. The third kappa shape index (κ3) is 4.39. The van der Waals surface area contributed by atoms with Gasteiger partial charge >= 0.3 is 0 Å². The van der Waals surface area contributed by atoms with Gasteiger partial charge in [-0.05, 0) is 59.7 Å². The van der Waals surface area contributed by atoms with Crippen molar-refractivity contribution in [2.75, 3.05) is 12.4 Å². The highest BCUT2D eigenvalue weighted by atomic mass is 79.9. The van der Waals surface area contributed by atoms with Gasteiger partial charge in [0.1, 0.15) is 16.8 Å². The van der Waals surface area contributed by atoms with E-state index in [0.717, 1.165) is 14.9 Å². The van der Waals surface area contributed by atoms with Crippen LogP contribution < -0.4 is 15.4 Å². The van der Waals surface area contributed by atoms with Crippen LogP contribution in [0.25, 0.3) is 0 Å². The number of ether oxygens (including phenoxy) is 1. The second-order valence-corrected chi connectivity index (χ2v) is 8.38.